The fraction of sp³-hybridized carbons (Fsp3) is 0.143. The van der Waals surface area contributed by atoms with E-state index in [4.69, 9.17) is 9.84 Å². The van der Waals surface area contributed by atoms with Crippen molar-refractivity contribution in [3.05, 3.63) is 67.9 Å². The molecule has 2 rings (SSSR count). The van der Waals surface area contributed by atoms with Crippen molar-refractivity contribution in [3.63, 3.8) is 0 Å². The summed E-state index contributed by atoms with van der Waals surface area (Å²) in [6.45, 7) is -0.0641. The number of hydrogen-bond acceptors (Lipinski definition) is 4. The van der Waals surface area contributed by atoms with Crippen molar-refractivity contribution in [2.24, 2.45) is 0 Å². The molecule has 0 amide bonds. The van der Waals surface area contributed by atoms with Gasteiger partial charge in [0, 0.05) is 10.5 Å². The molecule has 2 aromatic rings. The predicted molar refractivity (Wildman–Crippen MR) is 77.5 cm³/mol. The zero-order chi connectivity index (χ0) is 15.4. The number of benzene rings is 2. The van der Waals surface area contributed by atoms with Crippen LogP contribution in [-0.4, -0.2) is 10.0 Å². The monoisotopic (exact) mass is 355 g/mol. The van der Waals surface area contributed by atoms with Crippen LogP contribution < -0.4 is 4.74 Å². The van der Waals surface area contributed by atoms with Crippen LogP contribution in [0.3, 0.4) is 0 Å². The van der Waals surface area contributed by atoms with Gasteiger partial charge in [-0.15, -0.1) is 0 Å². The van der Waals surface area contributed by atoms with E-state index in [-0.39, 0.29) is 13.2 Å². The molecule has 0 saturated carbocycles. The van der Waals surface area contributed by atoms with Gasteiger partial charge in [-0.1, -0.05) is 15.9 Å². The van der Waals surface area contributed by atoms with Crippen LogP contribution in [0.2, 0.25) is 0 Å². The maximum atomic E-state index is 13.5. The van der Waals surface area contributed by atoms with E-state index in [1.165, 1.54) is 6.07 Å². The molecule has 0 saturated heterocycles. The van der Waals surface area contributed by atoms with Gasteiger partial charge in [-0.25, -0.2) is 0 Å². The molecule has 0 aromatic heterocycles. The summed E-state index contributed by atoms with van der Waals surface area (Å²) in [4.78, 5) is 9.75. The molecule has 1 N–H and O–H groups in total. The number of halogens is 2. The molecule has 0 radical (unpaired) electrons. The molecule has 0 atom stereocenters. The normalized spacial score (nSPS) is 10.4. The number of nitrogens with zero attached hydrogens (tertiary/aromatic N) is 1. The lowest BCUT2D eigenvalue weighted by atomic mass is 10.2. The van der Waals surface area contributed by atoms with Crippen LogP contribution in [0.4, 0.5) is 10.1 Å². The Morgan fingerprint density at radius 1 is 1.29 bits per heavy atom. The third-order valence-electron chi connectivity index (χ3n) is 2.80. The second-order valence-electron chi connectivity index (χ2n) is 4.24. The van der Waals surface area contributed by atoms with Gasteiger partial charge in [0.25, 0.3) is 0 Å². The molecule has 5 nitrogen and oxygen atoms in total. The van der Waals surface area contributed by atoms with Crippen molar-refractivity contribution in [1.82, 2.24) is 0 Å². The zero-order valence-corrected chi connectivity index (χ0v) is 12.3. The first-order chi connectivity index (χ1) is 10.0. The fourth-order valence-electron chi connectivity index (χ4n) is 1.72. The second kappa shape index (κ2) is 6.64. The highest BCUT2D eigenvalue weighted by Gasteiger charge is 2.13. The Kier molecular flexibility index (Phi) is 4.87. The standard InChI is InChI=1S/C14H11BrFNO4/c15-12-3-2-11(6-10(12)7-18)21-8-9-1-4-14(17(19)20)13(16)5-9/h1-6,18H,7-8H2. The van der Waals surface area contributed by atoms with E-state index < -0.39 is 16.4 Å². The highest BCUT2D eigenvalue weighted by Crippen LogP contribution is 2.24. The number of ether oxygens (including phenoxy) is 1. The Balaban J connectivity index is 2.09. The Hall–Kier alpha value is -1.99. The minimum Gasteiger partial charge on any atom is -0.489 e. The summed E-state index contributed by atoms with van der Waals surface area (Å²) < 4.78 is 19.7. The lowest BCUT2D eigenvalue weighted by Crippen LogP contribution is -1.99. The molecule has 0 aliphatic rings. The van der Waals surface area contributed by atoms with Gasteiger partial charge < -0.3 is 9.84 Å². The van der Waals surface area contributed by atoms with Crippen LogP contribution in [0, 0.1) is 15.9 Å². The first kappa shape index (κ1) is 15.4. The molecule has 0 aliphatic heterocycles. The van der Waals surface area contributed by atoms with Crippen molar-refractivity contribution in [2.75, 3.05) is 0 Å². The van der Waals surface area contributed by atoms with Crippen LogP contribution >= 0.6 is 15.9 Å². The zero-order valence-electron chi connectivity index (χ0n) is 10.8. The first-order valence-electron chi connectivity index (χ1n) is 5.96. The number of hydrogen-bond donors (Lipinski definition) is 1. The number of rotatable bonds is 5. The molecule has 0 bridgehead atoms. The minimum atomic E-state index is -0.895. The van der Waals surface area contributed by atoms with Crippen LogP contribution in [0.15, 0.2) is 40.9 Å². The van der Waals surface area contributed by atoms with E-state index in [1.54, 1.807) is 18.2 Å². The van der Waals surface area contributed by atoms with Crippen LogP contribution in [0.1, 0.15) is 11.1 Å². The Bertz CT molecular complexity index is 678. The Morgan fingerprint density at radius 2 is 2.05 bits per heavy atom. The SMILES string of the molecule is O=[N+]([O-])c1ccc(COc2ccc(Br)c(CO)c2)cc1F. The molecule has 2 aromatic carbocycles. The molecular weight excluding hydrogens is 345 g/mol. The van der Waals surface area contributed by atoms with Crippen molar-refractivity contribution >= 4 is 21.6 Å². The van der Waals surface area contributed by atoms with Gasteiger partial charge in [-0.2, -0.15) is 4.39 Å². The smallest absolute Gasteiger partial charge is 0.304 e. The van der Waals surface area contributed by atoms with Crippen LogP contribution in [0.25, 0.3) is 0 Å². The van der Waals surface area contributed by atoms with E-state index in [2.05, 4.69) is 15.9 Å². The third-order valence-corrected chi connectivity index (χ3v) is 3.58. The highest BCUT2D eigenvalue weighted by atomic mass is 79.9. The largest absolute Gasteiger partial charge is 0.489 e. The molecule has 0 aliphatic carbocycles. The molecule has 110 valence electrons. The van der Waals surface area contributed by atoms with Crippen LogP contribution in [0.5, 0.6) is 5.75 Å². The van der Waals surface area contributed by atoms with Gasteiger partial charge in [-0.3, -0.25) is 10.1 Å². The van der Waals surface area contributed by atoms with E-state index in [9.17, 15) is 14.5 Å². The molecule has 0 spiro atoms. The van der Waals surface area contributed by atoms with Crippen molar-refractivity contribution < 1.29 is 19.2 Å². The van der Waals surface area contributed by atoms with E-state index in [1.807, 2.05) is 0 Å². The molecule has 21 heavy (non-hydrogen) atoms. The average molecular weight is 356 g/mol. The van der Waals surface area contributed by atoms with E-state index in [0.717, 1.165) is 16.6 Å². The molecule has 0 unspecified atom stereocenters. The van der Waals surface area contributed by atoms with Gasteiger partial charge in [-0.05, 0) is 41.5 Å². The van der Waals surface area contributed by atoms with Crippen molar-refractivity contribution in [2.45, 2.75) is 13.2 Å². The number of aliphatic hydroxyl groups excluding tert-OH is 1. The van der Waals surface area contributed by atoms with E-state index >= 15 is 0 Å². The maximum Gasteiger partial charge on any atom is 0.304 e. The van der Waals surface area contributed by atoms with E-state index in [0.29, 0.717) is 16.9 Å². The molecular formula is C14H11BrFNO4. The summed E-state index contributed by atoms with van der Waals surface area (Å²) in [7, 11) is 0. The number of nitro benzene ring substituents is 1. The summed E-state index contributed by atoms with van der Waals surface area (Å²) >= 11 is 3.29. The summed E-state index contributed by atoms with van der Waals surface area (Å²) in [6.07, 6.45) is 0. The molecule has 0 heterocycles. The van der Waals surface area contributed by atoms with Crippen molar-refractivity contribution in [1.29, 1.82) is 0 Å². The van der Waals surface area contributed by atoms with Gasteiger partial charge in [0.15, 0.2) is 0 Å². The van der Waals surface area contributed by atoms with Gasteiger partial charge in [0.1, 0.15) is 12.4 Å². The third kappa shape index (κ3) is 3.77. The topological polar surface area (TPSA) is 72.6 Å². The van der Waals surface area contributed by atoms with Crippen molar-refractivity contribution in [3.8, 4) is 5.75 Å². The van der Waals surface area contributed by atoms with Crippen LogP contribution in [-0.2, 0) is 13.2 Å². The maximum absolute atomic E-state index is 13.5. The average Bonchev–Trinajstić information content (AvgIpc) is 2.46. The predicted octanol–water partition coefficient (Wildman–Crippen LogP) is 3.57. The summed E-state index contributed by atoms with van der Waals surface area (Å²) in [5.41, 5.74) is 0.582. The Labute approximate surface area is 128 Å². The summed E-state index contributed by atoms with van der Waals surface area (Å²) in [5.74, 6) is -0.381. The van der Waals surface area contributed by atoms with Gasteiger partial charge in [0.05, 0.1) is 11.5 Å². The number of nitro groups is 1. The quantitative estimate of drug-likeness (QED) is 0.657. The van der Waals surface area contributed by atoms with Gasteiger partial charge >= 0.3 is 5.69 Å². The van der Waals surface area contributed by atoms with Gasteiger partial charge in [0.2, 0.25) is 5.82 Å². The molecule has 0 fully saturated rings. The molecule has 7 heteroatoms. The second-order valence-corrected chi connectivity index (χ2v) is 5.10. The minimum absolute atomic E-state index is 0.0708. The lowest BCUT2D eigenvalue weighted by Gasteiger charge is -2.09. The Morgan fingerprint density at radius 3 is 2.67 bits per heavy atom. The fourth-order valence-corrected chi connectivity index (χ4v) is 2.09. The summed E-state index contributed by atoms with van der Waals surface area (Å²) in [5, 5.41) is 19.7. The highest BCUT2D eigenvalue weighted by molar-refractivity contribution is 9.10. The lowest BCUT2D eigenvalue weighted by molar-refractivity contribution is -0.387. The summed E-state index contributed by atoms with van der Waals surface area (Å²) in [6, 6.07) is 8.71. The number of aliphatic hydroxyl groups is 1. The first-order valence-corrected chi connectivity index (χ1v) is 6.75.